The molecule has 4 N–H and O–H groups in total. The maximum atomic E-state index is 13.2. The van der Waals surface area contributed by atoms with Gasteiger partial charge in [-0.2, -0.15) is 0 Å². The summed E-state index contributed by atoms with van der Waals surface area (Å²) in [4.78, 5) is 1.45. The van der Waals surface area contributed by atoms with Crippen molar-refractivity contribution in [3.05, 3.63) is 58.9 Å². The Kier molecular flexibility index (Phi) is 5.25. The smallest absolute Gasteiger partial charge is 0.166 e. The number of hydrogen-bond donors (Lipinski definition) is 2. The number of ether oxygens (including phenoxy) is 2. The van der Waals surface area contributed by atoms with Crippen molar-refractivity contribution in [2.24, 2.45) is 0 Å². The van der Waals surface area contributed by atoms with Crippen LogP contribution in [0.15, 0.2) is 36.4 Å². The van der Waals surface area contributed by atoms with Gasteiger partial charge in [-0.15, -0.1) is 0 Å². The summed E-state index contributed by atoms with van der Waals surface area (Å²) >= 11 is 0. The maximum absolute atomic E-state index is 13.2. The molecule has 0 aliphatic carbocycles. The number of halogens is 1. The number of rotatable bonds is 5. The molecule has 2 aromatic rings. The summed E-state index contributed by atoms with van der Waals surface area (Å²) in [7, 11) is 3.33. The molecule has 1 aliphatic rings. The molecule has 1 aliphatic heterocycles. The quantitative estimate of drug-likeness (QED) is 0.854. The molecule has 5 heteroatoms. The zero-order valence-electron chi connectivity index (χ0n) is 15.1. The van der Waals surface area contributed by atoms with Crippen LogP contribution in [-0.4, -0.2) is 26.8 Å². The van der Waals surface area contributed by atoms with Gasteiger partial charge in [-0.3, -0.25) is 0 Å². The molecule has 4 nitrogen and oxygen atoms in total. The average molecular weight is 346 g/mol. The van der Waals surface area contributed by atoms with Gasteiger partial charge in [-0.25, -0.2) is 4.39 Å². The summed E-state index contributed by atoms with van der Waals surface area (Å²) in [5, 5.41) is 0. The molecule has 25 heavy (non-hydrogen) atoms. The van der Waals surface area contributed by atoms with Gasteiger partial charge < -0.3 is 20.1 Å². The Bertz CT molecular complexity index is 731. The van der Waals surface area contributed by atoms with Gasteiger partial charge in [-0.05, 0) is 36.8 Å². The molecular weight excluding hydrogens is 319 g/mol. The third-order valence-corrected chi connectivity index (χ3v) is 5.05. The Hall–Kier alpha value is -2.11. The van der Waals surface area contributed by atoms with Crippen LogP contribution in [0.2, 0.25) is 0 Å². The van der Waals surface area contributed by atoms with E-state index in [0.717, 1.165) is 36.6 Å². The van der Waals surface area contributed by atoms with Crippen molar-refractivity contribution >= 4 is 0 Å². The Balaban J connectivity index is 1.94. The van der Waals surface area contributed by atoms with Crippen molar-refractivity contribution in [3.63, 3.8) is 0 Å². The fourth-order valence-electron chi connectivity index (χ4n) is 3.89. The molecule has 0 amide bonds. The van der Waals surface area contributed by atoms with Gasteiger partial charge in [0.15, 0.2) is 17.5 Å². The minimum Gasteiger partial charge on any atom is -0.493 e. The lowest BCUT2D eigenvalue weighted by Gasteiger charge is -2.35. The van der Waals surface area contributed by atoms with Gasteiger partial charge in [-0.1, -0.05) is 12.1 Å². The number of nitrogens with one attached hydrogen (secondary N) is 1. The van der Waals surface area contributed by atoms with Crippen LogP contribution in [0.3, 0.4) is 0 Å². The van der Waals surface area contributed by atoms with Crippen molar-refractivity contribution in [1.82, 2.24) is 0 Å². The van der Waals surface area contributed by atoms with E-state index >= 15 is 0 Å². The van der Waals surface area contributed by atoms with Crippen LogP contribution < -0.4 is 20.1 Å². The molecule has 0 fully saturated rings. The molecule has 0 saturated heterocycles. The minimum absolute atomic E-state index is 0.193. The van der Waals surface area contributed by atoms with Gasteiger partial charge in [0.25, 0.3) is 0 Å². The zero-order valence-corrected chi connectivity index (χ0v) is 15.1. The largest absolute Gasteiger partial charge is 0.493 e. The molecule has 0 radical (unpaired) electrons. The summed E-state index contributed by atoms with van der Waals surface area (Å²) in [5.74, 6) is 1.34. The van der Waals surface area contributed by atoms with E-state index in [4.69, 9.17) is 9.47 Å². The summed E-state index contributed by atoms with van der Waals surface area (Å²) in [6.45, 7) is 4.03. The highest BCUT2D eigenvalue weighted by Crippen LogP contribution is 2.34. The first kappa shape index (κ1) is 17.7. The second kappa shape index (κ2) is 7.42. The lowest BCUT2D eigenvalue weighted by atomic mass is 9.88. The van der Waals surface area contributed by atoms with Crippen LogP contribution in [0.25, 0.3) is 0 Å². The van der Waals surface area contributed by atoms with Crippen LogP contribution in [0, 0.1) is 5.82 Å². The molecule has 0 bridgehead atoms. The Labute approximate surface area is 148 Å². The van der Waals surface area contributed by atoms with E-state index in [1.165, 1.54) is 28.2 Å². The molecule has 3 rings (SSSR count). The Morgan fingerprint density at radius 2 is 1.80 bits per heavy atom. The number of benzene rings is 2. The van der Waals surface area contributed by atoms with E-state index in [-0.39, 0.29) is 17.9 Å². The Morgan fingerprint density at radius 1 is 1.16 bits per heavy atom. The van der Waals surface area contributed by atoms with Crippen molar-refractivity contribution in [2.45, 2.75) is 32.0 Å². The molecule has 134 valence electrons. The standard InChI is InChI=1S/C20H25FN2O2/c1-13(22)20-17-11-19(25-3)18(24-2)10-15(17)8-9-23(20)12-14-4-6-16(21)7-5-14/h4-7,10-11,13,20H,8-9,12,22H2,1-3H3/p+2/t13-,20+/m0/s1. The van der Waals surface area contributed by atoms with Gasteiger partial charge in [0.1, 0.15) is 18.4 Å². The first-order chi connectivity index (χ1) is 12.0. The van der Waals surface area contributed by atoms with Gasteiger partial charge in [0, 0.05) is 17.5 Å². The predicted molar refractivity (Wildman–Crippen MR) is 94.3 cm³/mol. The van der Waals surface area contributed by atoms with Crippen molar-refractivity contribution in [1.29, 1.82) is 0 Å². The number of methoxy groups -OCH3 is 2. The first-order valence-electron chi connectivity index (χ1n) is 8.70. The predicted octanol–water partition coefficient (Wildman–Crippen LogP) is 1.16. The minimum atomic E-state index is -0.193. The number of quaternary nitrogens is 2. The highest BCUT2D eigenvalue weighted by molar-refractivity contribution is 5.49. The molecule has 0 aromatic heterocycles. The van der Waals surface area contributed by atoms with Crippen LogP contribution in [-0.2, 0) is 13.0 Å². The fraction of sp³-hybridized carbons (Fsp3) is 0.400. The van der Waals surface area contributed by atoms with Gasteiger partial charge in [0.2, 0.25) is 0 Å². The van der Waals surface area contributed by atoms with Crippen LogP contribution in [0.1, 0.15) is 29.7 Å². The second-order valence-electron chi connectivity index (χ2n) is 6.82. The SMILES string of the molecule is COc1cc2c(cc1OC)[C@@H]([C@H](C)[NH3+])[NH+](Cc1ccc(F)cc1)CC2. The topological polar surface area (TPSA) is 50.5 Å². The highest BCUT2D eigenvalue weighted by Gasteiger charge is 2.36. The van der Waals surface area contributed by atoms with Crippen LogP contribution >= 0.6 is 0 Å². The lowest BCUT2D eigenvalue weighted by molar-refractivity contribution is -0.957. The monoisotopic (exact) mass is 346 g/mol. The van der Waals surface area contributed by atoms with E-state index in [9.17, 15) is 4.39 Å². The molecule has 0 spiro atoms. The van der Waals surface area contributed by atoms with Gasteiger partial charge in [0.05, 0.1) is 20.8 Å². The summed E-state index contributed by atoms with van der Waals surface area (Å²) in [5.41, 5.74) is 8.04. The summed E-state index contributed by atoms with van der Waals surface area (Å²) < 4.78 is 24.1. The zero-order chi connectivity index (χ0) is 18.0. The third-order valence-electron chi connectivity index (χ3n) is 5.05. The second-order valence-corrected chi connectivity index (χ2v) is 6.82. The van der Waals surface area contributed by atoms with Crippen molar-refractivity contribution in [2.75, 3.05) is 20.8 Å². The highest BCUT2D eigenvalue weighted by atomic mass is 19.1. The van der Waals surface area contributed by atoms with Gasteiger partial charge >= 0.3 is 0 Å². The first-order valence-corrected chi connectivity index (χ1v) is 8.70. The fourth-order valence-corrected chi connectivity index (χ4v) is 3.89. The van der Waals surface area contributed by atoms with Crippen LogP contribution in [0.4, 0.5) is 4.39 Å². The molecular formula is C20H27FN2O2+2. The maximum Gasteiger partial charge on any atom is 0.166 e. The average Bonchev–Trinajstić information content (AvgIpc) is 2.61. The Morgan fingerprint density at radius 3 is 2.40 bits per heavy atom. The van der Waals surface area contributed by atoms with Crippen LogP contribution in [0.5, 0.6) is 11.5 Å². The van der Waals surface area contributed by atoms with E-state index in [2.05, 4.69) is 24.8 Å². The third kappa shape index (κ3) is 3.62. The molecule has 3 atom stereocenters. The molecule has 2 aromatic carbocycles. The van der Waals surface area contributed by atoms with E-state index in [1.54, 1.807) is 14.2 Å². The lowest BCUT2D eigenvalue weighted by Crippen LogP contribution is -3.14. The number of hydrogen-bond acceptors (Lipinski definition) is 2. The van der Waals surface area contributed by atoms with E-state index < -0.39 is 0 Å². The molecule has 0 saturated carbocycles. The summed E-state index contributed by atoms with van der Waals surface area (Å²) in [6.07, 6.45) is 0.982. The number of fused-ring (bicyclic) bond motifs is 1. The normalized spacial score (nSPS) is 20.7. The van der Waals surface area contributed by atoms with E-state index in [1.807, 2.05) is 12.1 Å². The van der Waals surface area contributed by atoms with Crippen molar-refractivity contribution < 1.29 is 24.5 Å². The van der Waals surface area contributed by atoms with E-state index in [0.29, 0.717) is 0 Å². The summed E-state index contributed by atoms with van der Waals surface area (Å²) in [6, 6.07) is 11.5. The van der Waals surface area contributed by atoms with Crippen molar-refractivity contribution in [3.8, 4) is 11.5 Å². The molecule has 1 heterocycles. The molecule has 1 unspecified atom stereocenters.